The number of amides is 1. The minimum absolute atomic E-state index is 0.203. The van der Waals surface area contributed by atoms with E-state index in [2.05, 4.69) is 0 Å². The van der Waals surface area contributed by atoms with E-state index in [4.69, 9.17) is 0 Å². The summed E-state index contributed by atoms with van der Waals surface area (Å²) in [6, 6.07) is 11.9. The van der Waals surface area contributed by atoms with E-state index in [0.717, 1.165) is 11.1 Å². The van der Waals surface area contributed by atoms with Crippen molar-refractivity contribution in [2.24, 2.45) is 0 Å². The van der Waals surface area contributed by atoms with Gasteiger partial charge in [0.1, 0.15) is 11.9 Å². The predicted octanol–water partition coefficient (Wildman–Crippen LogP) is 2.95. The summed E-state index contributed by atoms with van der Waals surface area (Å²) in [6.45, 7) is 2.52. The molecule has 0 N–H and O–H groups in total. The number of benzene rings is 2. The summed E-state index contributed by atoms with van der Waals surface area (Å²) in [5.41, 5.74) is 1.76. The summed E-state index contributed by atoms with van der Waals surface area (Å²) >= 11 is 0. The van der Waals surface area contributed by atoms with E-state index in [9.17, 15) is 17.6 Å². The van der Waals surface area contributed by atoms with Gasteiger partial charge in [-0.3, -0.25) is 4.79 Å². The molecule has 0 radical (unpaired) electrons. The number of hydrogen-bond donors (Lipinski definition) is 0. The SMILES string of the molecule is Cc1ccc(S(=O)(=O)N2CCC[C@H]2C(=O)N(C)Cc2ccc(F)cc2)cc1. The van der Waals surface area contributed by atoms with Crippen LogP contribution in [0.15, 0.2) is 53.4 Å². The third kappa shape index (κ3) is 4.20. The number of sulfonamides is 1. The molecule has 0 unspecified atom stereocenters. The molecule has 3 rings (SSSR count). The summed E-state index contributed by atoms with van der Waals surface area (Å²) in [4.78, 5) is 14.6. The Bertz CT molecular complexity index is 911. The molecule has 0 aromatic heterocycles. The first-order valence-electron chi connectivity index (χ1n) is 8.87. The normalized spacial score (nSPS) is 17.8. The van der Waals surface area contributed by atoms with Gasteiger partial charge in [-0.05, 0) is 49.6 Å². The van der Waals surface area contributed by atoms with Crippen molar-refractivity contribution < 1.29 is 17.6 Å². The van der Waals surface area contributed by atoms with Gasteiger partial charge in [0.25, 0.3) is 0 Å². The molecule has 1 amide bonds. The van der Waals surface area contributed by atoms with Gasteiger partial charge in [-0.15, -0.1) is 0 Å². The molecule has 1 aliphatic rings. The van der Waals surface area contributed by atoms with Crippen molar-refractivity contribution in [3.8, 4) is 0 Å². The lowest BCUT2D eigenvalue weighted by Crippen LogP contribution is -2.46. The Morgan fingerprint density at radius 2 is 1.78 bits per heavy atom. The van der Waals surface area contributed by atoms with Gasteiger partial charge in [0, 0.05) is 20.1 Å². The molecular weight excluding hydrogens is 367 g/mol. The van der Waals surface area contributed by atoms with Crippen LogP contribution in [0.4, 0.5) is 4.39 Å². The third-order valence-electron chi connectivity index (χ3n) is 4.83. The van der Waals surface area contributed by atoms with E-state index in [0.29, 0.717) is 25.9 Å². The first kappa shape index (κ1) is 19.5. The topological polar surface area (TPSA) is 57.7 Å². The van der Waals surface area contributed by atoms with Crippen LogP contribution in [0.25, 0.3) is 0 Å². The largest absolute Gasteiger partial charge is 0.340 e. The molecule has 0 saturated carbocycles. The van der Waals surface area contributed by atoms with E-state index < -0.39 is 16.1 Å². The number of halogens is 1. The summed E-state index contributed by atoms with van der Waals surface area (Å²) in [6.07, 6.45) is 1.14. The summed E-state index contributed by atoms with van der Waals surface area (Å²) in [5.74, 6) is -0.577. The van der Waals surface area contributed by atoms with Crippen LogP contribution in [0.5, 0.6) is 0 Å². The molecule has 1 fully saturated rings. The zero-order valence-electron chi connectivity index (χ0n) is 15.4. The molecule has 144 valence electrons. The van der Waals surface area contributed by atoms with Crippen LogP contribution in [0.2, 0.25) is 0 Å². The van der Waals surface area contributed by atoms with Crippen molar-refractivity contribution in [2.75, 3.05) is 13.6 Å². The zero-order valence-corrected chi connectivity index (χ0v) is 16.2. The summed E-state index contributed by atoms with van der Waals surface area (Å²) < 4.78 is 40.3. The van der Waals surface area contributed by atoms with Crippen molar-refractivity contribution in [3.63, 3.8) is 0 Å². The quantitative estimate of drug-likeness (QED) is 0.789. The highest BCUT2D eigenvalue weighted by atomic mass is 32.2. The molecule has 0 bridgehead atoms. The van der Waals surface area contributed by atoms with Gasteiger partial charge in [0.05, 0.1) is 4.90 Å². The number of rotatable bonds is 5. The van der Waals surface area contributed by atoms with Gasteiger partial charge in [0.2, 0.25) is 15.9 Å². The second-order valence-corrected chi connectivity index (χ2v) is 8.80. The summed E-state index contributed by atoms with van der Waals surface area (Å²) in [5, 5.41) is 0. The molecule has 5 nitrogen and oxygen atoms in total. The molecule has 0 aliphatic carbocycles. The van der Waals surface area contributed by atoms with Crippen LogP contribution >= 0.6 is 0 Å². The minimum atomic E-state index is -3.73. The van der Waals surface area contributed by atoms with Gasteiger partial charge >= 0.3 is 0 Å². The molecule has 2 aromatic rings. The number of carbonyl (C=O) groups is 1. The van der Waals surface area contributed by atoms with Gasteiger partial charge < -0.3 is 4.90 Å². The second kappa shape index (κ2) is 7.78. The Kier molecular flexibility index (Phi) is 5.62. The molecule has 7 heteroatoms. The molecule has 1 aliphatic heterocycles. The standard InChI is InChI=1S/C20H23FN2O3S/c1-15-5-11-18(12-6-15)27(25,26)23-13-3-4-19(23)20(24)22(2)14-16-7-9-17(21)10-8-16/h5-12,19H,3-4,13-14H2,1-2H3/t19-/m0/s1. The molecule has 2 aromatic carbocycles. The number of aryl methyl sites for hydroxylation is 1. The maximum absolute atomic E-state index is 13.0. The first-order valence-corrected chi connectivity index (χ1v) is 10.3. The lowest BCUT2D eigenvalue weighted by atomic mass is 10.1. The number of hydrogen-bond acceptors (Lipinski definition) is 3. The van der Waals surface area contributed by atoms with Crippen molar-refractivity contribution in [1.82, 2.24) is 9.21 Å². The highest BCUT2D eigenvalue weighted by Crippen LogP contribution is 2.27. The number of nitrogens with zero attached hydrogens (tertiary/aromatic N) is 2. The molecule has 1 atom stereocenters. The smallest absolute Gasteiger partial charge is 0.243 e. The Balaban J connectivity index is 1.77. The van der Waals surface area contributed by atoms with Gasteiger partial charge in [-0.2, -0.15) is 4.31 Å². The Labute approximate surface area is 159 Å². The highest BCUT2D eigenvalue weighted by molar-refractivity contribution is 7.89. The minimum Gasteiger partial charge on any atom is -0.340 e. The van der Waals surface area contributed by atoms with Crippen molar-refractivity contribution in [2.45, 2.75) is 37.2 Å². The maximum Gasteiger partial charge on any atom is 0.243 e. The van der Waals surface area contributed by atoms with Gasteiger partial charge in [-0.25, -0.2) is 12.8 Å². The van der Waals surface area contributed by atoms with E-state index in [1.54, 1.807) is 43.4 Å². The van der Waals surface area contributed by atoms with Crippen molar-refractivity contribution in [3.05, 3.63) is 65.5 Å². The zero-order chi connectivity index (χ0) is 19.6. The van der Waals surface area contributed by atoms with E-state index in [1.807, 2.05) is 6.92 Å². The molecule has 27 heavy (non-hydrogen) atoms. The Hall–Kier alpha value is -2.25. The summed E-state index contributed by atoms with van der Waals surface area (Å²) in [7, 11) is -2.09. The molecule has 1 heterocycles. The second-order valence-electron chi connectivity index (χ2n) is 6.91. The fourth-order valence-electron chi connectivity index (χ4n) is 3.32. The average Bonchev–Trinajstić information content (AvgIpc) is 3.14. The van der Waals surface area contributed by atoms with Crippen LogP contribution in [0.3, 0.4) is 0 Å². The van der Waals surface area contributed by atoms with Crippen LogP contribution < -0.4 is 0 Å². The van der Waals surface area contributed by atoms with E-state index in [1.165, 1.54) is 21.3 Å². The highest BCUT2D eigenvalue weighted by Gasteiger charge is 2.40. The fraction of sp³-hybridized carbons (Fsp3) is 0.350. The first-order chi connectivity index (χ1) is 12.8. The molecule has 0 spiro atoms. The number of carbonyl (C=O) groups excluding carboxylic acids is 1. The van der Waals surface area contributed by atoms with Gasteiger partial charge in [0.15, 0.2) is 0 Å². The molecule has 1 saturated heterocycles. The number of likely N-dealkylation sites (N-methyl/N-ethyl adjacent to an activating group) is 1. The predicted molar refractivity (Wildman–Crippen MR) is 101 cm³/mol. The monoisotopic (exact) mass is 390 g/mol. The van der Waals surface area contributed by atoms with Crippen LogP contribution in [-0.4, -0.2) is 43.2 Å². The van der Waals surface area contributed by atoms with Crippen LogP contribution in [0.1, 0.15) is 24.0 Å². The van der Waals surface area contributed by atoms with E-state index in [-0.39, 0.29) is 16.6 Å². The van der Waals surface area contributed by atoms with E-state index >= 15 is 0 Å². The Morgan fingerprint density at radius 1 is 1.15 bits per heavy atom. The maximum atomic E-state index is 13.0. The third-order valence-corrected chi connectivity index (χ3v) is 6.75. The van der Waals surface area contributed by atoms with Crippen molar-refractivity contribution >= 4 is 15.9 Å². The van der Waals surface area contributed by atoms with Crippen LogP contribution in [-0.2, 0) is 21.4 Å². The average molecular weight is 390 g/mol. The molecular formula is C20H23FN2O3S. The lowest BCUT2D eigenvalue weighted by Gasteiger charge is -2.27. The lowest BCUT2D eigenvalue weighted by molar-refractivity contribution is -0.133. The van der Waals surface area contributed by atoms with Crippen LogP contribution in [0, 0.1) is 12.7 Å². The Morgan fingerprint density at radius 3 is 2.41 bits per heavy atom. The van der Waals surface area contributed by atoms with Gasteiger partial charge in [-0.1, -0.05) is 29.8 Å². The van der Waals surface area contributed by atoms with Crippen molar-refractivity contribution in [1.29, 1.82) is 0 Å². The fourth-order valence-corrected chi connectivity index (χ4v) is 4.97.